The maximum absolute atomic E-state index is 10.9. The first-order valence-electron chi connectivity index (χ1n) is 4.77. The number of carbonyl (C=O) groups is 1. The zero-order chi connectivity index (χ0) is 9.14. The first-order chi connectivity index (χ1) is 5.75. The van der Waals surface area contributed by atoms with E-state index in [4.69, 9.17) is 0 Å². The average molecular weight is 170 g/mol. The van der Waals surface area contributed by atoms with Crippen molar-refractivity contribution in [3.8, 4) is 0 Å². The summed E-state index contributed by atoms with van der Waals surface area (Å²) in [5.41, 5.74) is 0. The van der Waals surface area contributed by atoms with Crippen LogP contribution in [0.15, 0.2) is 0 Å². The Bertz CT molecular complexity index is 154. The van der Waals surface area contributed by atoms with Crippen molar-refractivity contribution in [3.05, 3.63) is 0 Å². The van der Waals surface area contributed by atoms with Gasteiger partial charge in [0.1, 0.15) is 0 Å². The van der Waals surface area contributed by atoms with Gasteiger partial charge in [0.05, 0.1) is 0 Å². The standard InChI is InChI=1S/C7H12N2O.C2H6/c1-5(10)9-3-6-2-7(4-9)8-6;1-2/h6-8H,2-4H2,1H3;1-2H3. The highest BCUT2D eigenvalue weighted by Crippen LogP contribution is 2.20. The number of carbonyl (C=O) groups excluding carboxylic acids is 1. The fraction of sp³-hybridized carbons (Fsp3) is 0.889. The maximum atomic E-state index is 10.9. The van der Waals surface area contributed by atoms with Gasteiger partial charge in [0, 0.05) is 32.1 Å². The lowest BCUT2D eigenvalue weighted by Gasteiger charge is -2.48. The van der Waals surface area contributed by atoms with Gasteiger partial charge in [0.25, 0.3) is 0 Å². The lowest BCUT2D eigenvalue weighted by atomic mass is 9.91. The van der Waals surface area contributed by atoms with Gasteiger partial charge in [-0.05, 0) is 6.42 Å². The molecule has 70 valence electrons. The average Bonchev–Trinajstić information content (AvgIpc) is 2.07. The van der Waals surface area contributed by atoms with E-state index in [0.717, 1.165) is 13.1 Å². The molecular formula is C9H18N2O. The molecule has 0 spiro atoms. The van der Waals surface area contributed by atoms with Crippen LogP contribution in [0.1, 0.15) is 27.2 Å². The van der Waals surface area contributed by atoms with E-state index in [0.29, 0.717) is 12.1 Å². The predicted molar refractivity (Wildman–Crippen MR) is 48.9 cm³/mol. The second-order valence-corrected chi connectivity index (χ2v) is 3.22. The zero-order valence-electron chi connectivity index (χ0n) is 8.13. The number of nitrogens with zero attached hydrogens (tertiary/aromatic N) is 1. The lowest BCUT2D eigenvalue weighted by molar-refractivity contribution is -0.132. The molecule has 0 saturated carbocycles. The third-order valence-electron chi connectivity index (χ3n) is 2.37. The smallest absolute Gasteiger partial charge is 0.219 e. The third kappa shape index (κ3) is 1.78. The molecule has 3 heterocycles. The first-order valence-corrected chi connectivity index (χ1v) is 4.77. The molecule has 1 amide bonds. The van der Waals surface area contributed by atoms with Crippen LogP contribution >= 0.6 is 0 Å². The summed E-state index contributed by atoms with van der Waals surface area (Å²) in [7, 11) is 0. The molecule has 0 radical (unpaired) electrons. The maximum Gasteiger partial charge on any atom is 0.219 e. The van der Waals surface area contributed by atoms with E-state index in [9.17, 15) is 4.79 Å². The van der Waals surface area contributed by atoms with Gasteiger partial charge in [0.2, 0.25) is 5.91 Å². The van der Waals surface area contributed by atoms with Crippen LogP contribution in [0.3, 0.4) is 0 Å². The van der Waals surface area contributed by atoms with Crippen molar-refractivity contribution < 1.29 is 4.79 Å². The Morgan fingerprint density at radius 1 is 1.33 bits per heavy atom. The second kappa shape index (κ2) is 3.90. The van der Waals surface area contributed by atoms with E-state index < -0.39 is 0 Å². The summed E-state index contributed by atoms with van der Waals surface area (Å²) in [5, 5.41) is 3.37. The number of hydrogen-bond acceptors (Lipinski definition) is 2. The minimum absolute atomic E-state index is 0.219. The Morgan fingerprint density at radius 2 is 1.75 bits per heavy atom. The van der Waals surface area contributed by atoms with Crippen LogP contribution in [0.2, 0.25) is 0 Å². The van der Waals surface area contributed by atoms with Crippen LogP contribution in [-0.4, -0.2) is 36.0 Å². The normalized spacial score (nSPS) is 31.4. The monoisotopic (exact) mass is 170 g/mol. The van der Waals surface area contributed by atoms with Crippen molar-refractivity contribution >= 4 is 5.91 Å². The molecule has 3 aliphatic heterocycles. The van der Waals surface area contributed by atoms with E-state index >= 15 is 0 Å². The number of fused-ring (bicyclic) bond motifs is 2. The summed E-state index contributed by atoms with van der Waals surface area (Å²) in [5.74, 6) is 0.219. The van der Waals surface area contributed by atoms with E-state index in [2.05, 4.69) is 5.32 Å². The number of rotatable bonds is 0. The van der Waals surface area contributed by atoms with Gasteiger partial charge >= 0.3 is 0 Å². The van der Waals surface area contributed by atoms with Crippen molar-refractivity contribution in [2.24, 2.45) is 0 Å². The molecule has 0 aromatic rings. The molecule has 3 aliphatic rings. The van der Waals surface area contributed by atoms with Gasteiger partial charge in [0.15, 0.2) is 0 Å². The van der Waals surface area contributed by atoms with Crippen molar-refractivity contribution in [2.45, 2.75) is 39.3 Å². The summed E-state index contributed by atoms with van der Waals surface area (Å²) in [6.45, 7) is 7.49. The lowest BCUT2D eigenvalue weighted by Crippen LogP contribution is -2.67. The summed E-state index contributed by atoms with van der Waals surface area (Å²) in [6, 6.07) is 1.20. The largest absolute Gasteiger partial charge is 0.340 e. The minimum Gasteiger partial charge on any atom is -0.340 e. The minimum atomic E-state index is 0.219. The molecule has 2 unspecified atom stereocenters. The number of nitrogens with one attached hydrogen (secondary N) is 1. The summed E-state index contributed by atoms with van der Waals surface area (Å²) < 4.78 is 0. The molecule has 1 N–H and O–H groups in total. The molecule has 0 aromatic heterocycles. The van der Waals surface area contributed by atoms with Crippen LogP contribution in [0.4, 0.5) is 0 Å². The molecule has 0 aliphatic carbocycles. The van der Waals surface area contributed by atoms with Crippen molar-refractivity contribution in [3.63, 3.8) is 0 Å². The highest BCUT2D eigenvalue weighted by atomic mass is 16.2. The Morgan fingerprint density at radius 3 is 2.00 bits per heavy atom. The highest BCUT2D eigenvalue weighted by Gasteiger charge is 2.37. The summed E-state index contributed by atoms with van der Waals surface area (Å²) >= 11 is 0. The molecular weight excluding hydrogens is 152 g/mol. The van der Waals surface area contributed by atoms with Gasteiger partial charge in [-0.3, -0.25) is 4.79 Å². The van der Waals surface area contributed by atoms with Crippen molar-refractivity contribution in [1.29, 1.82) is 0 Å². The van der Waals surface area contributed by atoms with E-state index in [1.807, 2.05) is 18.7 Å². The number of piperidine rings is 1. The Hall–Kier alpha value is -0.570. The number of amides is 1. The van der Waals surface area contributed by atoms with E-state index in [1.54, 1.807) is 6.92 Å². The second-order valence-electron chi connectivity index (χ2n) is 3.22. The van der Waals surface area contributed by atoms with Crippen molar-refractivity contribution in [2.75, 3.05) is 13.1 Å². The molecule has 2 bridgehead atoms. The number of hydrogen-bond donors (Lipinski definition) is 1. The molecule has 3 saturated heterocycles. The Kier molecular flexibility index (Phi) is 3.09. The van der Waals surface area contributed by atoms with Crippen LogP contribution in [-0.2, 0) is 4.79 Å². The molecule has 0 aromatic carbocycles. The van der Waals surface area contributed by atoms with Crippen LogP contribution in [0, 0.1) is 0 Å². The molecule has 3 rings (SSSR count). The first kappa shape index (κ1) is 9.52. The fourth-order valence-corrected chi connectivity index (χ4v) is 1.77. The van der Waals surface area contributed by atoms with Gasteiger partial charge in [-0.1, -0.05) is 13.8 Å². The topological polar surface area (TPSA) is 32.3 Å². The molecule has 2 atom stereocenters. The van der Waals surface area contributed by atoms with Crippen LogP contribution < -0.4 is 5.32 Å². The Balaban J connectivity index is 0.000000336. The van der Waals surface area contributed by atoms with Gasteiger partial charge in [-0.2, -0.15) is 0 Å². The predicted octanol–water partition coefficient (Wildman–Crippen LogP) is 0.605. The zero-order valence-corrected chi connectivity index (χ0v) is 8.13. The third-order valence-corrected chi connectivity index (χ3v) is 2.37. The molecule has 12 heavy (non-hydrogen) atoms. The van der Waals surface area contributed by atoms with Crippen LogP contribution in [0.25, 0.3) is 0 Å². The quantitative estimate of drug-likeness (QED) is 0.577. The van der Waals surface area contributed by atoms with Crippen molar-refractivity contribution in [1.82, 2.24) is 10.2 Å². The fourth-order valence-electron chi connectivity index (χ4n) is 1.77. The van der Waals surface area contributed by atoms with Crippen LogP contribution in [0.5, 0.6) is 0 Å². The summed E-state index contributed by atoms with van der Waals surface area (Å²) in [6.07, 6.45) is 1.27. The highest BCUT2D eigenvalue weighted by molar-refractivity contribution is 5.73. The number of piperazine rings is 1. The molecule has 3 fully saturated rings. The SMILES string of the molecule is CC.CC(=O)N1CC2CC(C1)N2. The van der Waals surface area contributed by atoms with Gasteiger partial charge in [-0.15, -0.1) is 0 Å². The Labute approximate surface area is 74.1 Å². The molecule has 3 heteroatoms. The van der Waals surface area contributed by atoms with E-state index in [-0.39, 0.29) is 5.91 Å². The van der Waals surface area contributed by atoms with E-state index in [1.165, 1.54) is 6.42 Å². The molecule has 3 nitrogen and oxygen atoms in total. The van der Waals surface area contributed by atoms with Gasteiger partial charge in [-0.25, -0.2) is 0 Å². The van der Waals surface area contributed by atoms with Gasteiger partial charge < -0.3 is 10.2 Å². The summed E-state index contributed by atoms with van der Waals surface area (Å²) in [4.78, 5) is 12.8.